The van der Waals surface area contributed by atoms with Crippen LogP contribution in [0.25, 0.3) is 0 Å². The lowest BCUT2D eigenvalue weighted by Gasteiger charge is -2.21. The standard InChI is InChI=1S/C13H18FNO2S/c1-17-12-3-2-10(6-11(12)14)7-15-8-13(16)4-5-18-9-13/h2-3,6,15-16H,4-5,7-9H2,1H3. The van der Waals surface area contributed by atoms with Crippen molar-refractivity contribution < 1.29 is 14.2 Å². The average molecular weight is 271 g/mol. The number of halogens is 1. The van der Waals surface area contributed by atoms with E-state index in [4.69, 9.17) is 4.74 Å². The maximum atomic E-state index is 13.4. The Balaban J connectivity index is 1.85. The Hall–Kier alpha value is -0.780. The van der Waals surface area contributed by atoms with Crippen LogP contribution in [0.4, 0.5) is 4.39 Å². The zero-order chi connectivity index (χ0) is 13.0. The van der Waals surface area contributed by atoms with Crippen LogP contribution in [-0.4, -0.2) is 35.9 Å². The Morgan fingerprint density at radius 2 is 2.39 bits per heavy atom. The molecule has 0 aliphatic carbocycles. The van der Waals surface area contributed by atoms with Gasteiger partial charge in [0.2, 0.25) is 0 Å². The van der Waals surface area contributed by atoms with E-state index in [-0.39, 0.29) is 11.6 Å². The van der Waals surface area contributed by atoms with Gasteiger partial charge in [-0.2, -0.15) is 11.8 Å². The highest BCUT2D eigenvalue weighted by Crippen LogP contribution is 2.27. The van der Waals surface area contributed by atoms with E-state index < -0.39 is 5.60 Å². The Kier molecular flexibility index (Phi) is 4.48. The topological polar surface area (TPSA) is 41.5 Å². The molecule has 100 valence electrons. The molecule has 1 aliphatic heterocycles. The summed E-state index contributed by atoms with van der Waals surface area (Å²) in [4.78, 5) is 0. The number of thioether (sulfide) groups is 1. The molecular weight excluding hydrogens is 253 g/mol. The molecule has 2 N–H and O–H groups in total. The first-order valence-corrected chi connectivity index (χ1v) is 7.12. The van der Waals surface area contributed by atoms with Crippen LogP contribution in [0.1, 0.15) is 12.0 Å². The summed E-state index contributed by atoms with van der Waals surface area (Å²) in [6.45, 7) is 1.10. The fraction of sp³-hybridized carbons (Fsp3) is 0.538. The van der Waals surface area contributed by atoms with Gasteiger partial charge in [-0.1, -0.05) is 6.07 Å². The van der Waals surface area contributed by atoms with Crippen LogP contribution >= 0.6 is 11.8 Å². The van der Waals surface area contributed by atoms with E-state index in [1.807, 2.05) is 6.07 Å². The molecule has 1 aliphatic rings. The van der Waals surface area contributed by atoms with Gasteiger partial charge in [0.15, 0.2) is 11.6 Å². The minimum atomic E-state index is -0.602. The molecule has 1 atom stereocenters. The summed E-state index contributed by atoms with van der Waals surface area (Å²) in [5.41, 5.74) is 0.248. The molecule has 3 nitrogen and oxygen atoms in total. The molecule has 1 saturated heterocycles. The third-order valence-electron chi connectivity index (χ3n) is 3.08. The van der Waals surface area contributed by atoms with Gasteiger partial charge in [0.1, 0.15) is 0 Å². The van der Waals surface area contributed by atoms with Gasteiger partial charge >= 0.3 is 0 Å². The summed E-state index contributed by atoms with van der Waals surface area (Å²) in [5, 5.41) is 13.3. The van der Waals surface area contributed by atoms with E-state index in [0.717, 1.165) is 23.5 Å². The van der Waals surface area contributed by atoms with Gasteiger partial charge < -0.3 is 15.2 Å². The molecular formula is C13H18FNO2S. The van der Waals surface area contributed by atoms with Gasteiger partial charge in [0.25, 0.3) is 0 Å². The van der Waals surface area contributed by atoms with Gasteiger partial charge in [-0.3, -0.25) is 0 Å². The number of rotatable bonds is 5. The van der Waals surface area contributed by atoms with E-state index in [1.165, 1.54) is 13.2 Å². The molecule has 1 heterocycles. The predicted octanol–water partition coefficient (Wildman–Crippen LogP) is 1.79. The zero-order valence-corrected chi connectivity index (χ0v) is 11.2. The van der Waals surface area contributed by atoms with Crippen LogP contribution in [0.15, 0.2) is 18.2 Å². The van der Waals surface area contributed by atoms with Crippen LogP contribution in [0.5, 0.6) is 5.75 Å². The summed E-state index contributed by atoms with van der Waals surface area (Å²) in [7, 11) is 1.45. The molecule has 1 fully saturated rings. The molecule has 0 aromatic heterocycles. The van der Waals surface area contributed by atoms with Crippen LogP contribution < -0.4 is 10.1 Å². The zero-order valence-electron chi connectivity index (χ0n) is 10.4. The van der Waals surface area contributed by atoms with Crippen molar-refractivity contribution in [1.29, 1.82) is 0 Å². The lowest BCUT2D eigenvalue weighted by atomic mass is 10.0. The van der Waals surface area contributed by atoms with Crippen molar-refractivity contribution in [3.05, 3.63) is 29.6 Å². The number of methoxy groups -OCH3 is 1. The lowest BCUT2D eigenvalue weighted by Crippen LogP contribution is -2.40. The Bertz CT molecular complexity index is 408. The quantitative estimate of drug-likeness (QED) is 0.857. The number of nitrogens with one attached hydrogen (secondary N) is 1. The van der Waals surface area contributed by atoms with Crippen molar-refractivity contribution in [3.63, 3.8) is 0 Å². The van der Waals surface area contributed by atoms with E-state index >= 15 is 0 Å². The summed E-state index contributed by atoms with van der Waals surface area (Å²) in [6, 6.07) is 4.90. The molecule has 5 heteroatoms. The first-order chi connectivity index (χ1) is 8.63. The SMILES string of the molecule is COc1ccc(CNCC2(O)CCSC2)cc1F. The van der Waals surface area contributed by atoms with Crippen LogP contribution in [0.2, 0.25) is 0 Å². The second-order valence-corrected chi connectivity index (χ2v) is 5.70. The highest BCUT2D eigenvalue weighted by molar-refractivity contribution is 7.99. The molecule has 18 heavy (non-hydrogen) atoms. The van der Waals surface area contributed by atoms with Gasteiger partial charge in [-0.05, 0) is 29.9 Å². The number of benzene rings is 1. The monoisotopic (exact) mass is 271 g/mol. The van der Waals surface area contributed by atoms with E-state index in [0.29, 0.717) is 13.1 Å². The summed E-state index contributed by atoms with van der Waals surface area (Å²) >= 11 is 1.77. The van der Waals surface area contributed by atoms with Crippen molar-refractivity contribution in [3.8, 4) is 5.75 Å². The fourth-order valence-corrected chi connectivity index (χ4v) is 3.29. The summed E-state index contributed by atoms with van der Waals surface area (Å²) in [5.74, 6) is 1.68. The highest BCUT2D eigenvalue weighted by atomic mass is 32.2. The predicted molar refractivity (Wildman–Crippen MR) is 71.6 cm³/mol. The first-order valence-electron chi connectivity index (χ1n) is 5.96. The van der Waals surface area contributed by atoms with Gasteiger partial charge in [0, 0.05) is 18.8 Å². The fourth-order valence-electron chi connectivity index (χ4n) is 2.00. The first kappa shape index (κ1) is 13.6. The third kappa shape index (κ3) is 3.37. The van der Waals surface area contributed by atoms with Crippen molar-refractivity contribution in [2.75, 3.05) is 25.2 Å². The average Bonchev–Trinajstić information content (AvgIpc) is 2.77. The third-order valence-corrected chi connectivity index (χ3v) is 4.32. The number of aliphatic hydroxyl groups is 1. The summed E-state index contributed by atoms with van der Waals surface area (Å²) < 4.78 is 18.3. The van der Waals surface area contributed by atoms with Crippen molar-refractivity contribution in [2.45, 2.75) is 18.6 Å². The molecule has 1 unspecified atom stereocenters. The maximum Gasteiger partial charge on any atom is 0.165 e. The molecule has 1 aromatic carbocycles. The smallest absolute Gasteiger partial charge is 0.165 e. The van der Waals surface area contributed by atoms with Crippen molar-refractivity contribution in [1.82, 2.24) is 5.32 Å². The number of hydrogen-bond acceptors (Lipinski definition) is 4. The minimum absolute atomic E-state index is 0.254. The molecule has 0 spiro atoms. The maximum absolute atomic E-state index is 13.4. The normalized spacial score (nSPS) is 23.3. The van der Waals surface area contributed by atoms with Crippen LogP contribution in [-0.2, 0) is 6.54 Å². The second-order valence-electron chi connectivity index (χ2n) is 4.60. The van der Waals surface area contributed by atoms with Gasteiger partial charge in [-0.25, -0.2) is 4.39 Å². The molecule has 0 bridgehead atoms. The molecule has 0 saturated carbocycles. The Labute approximate surface area is 111 Å². The Morgan fingerprint density at radius 1 is 1.56 bits per heavy atom. The van der Waals surface area contributed by atoms with Gasteiger partial charge in [0.05, 0.1) is 12.7 Å². The van der Waals surface area contributed by atoms with E-state index in [9.17, 15) is 9.50 Å². The van der Waals surface area contributed by atoms with E-state index in [1.54, 1.807) is 17.8 Å². The Morgan fingerprint density at radius 3 is 3.00 bits per heavy atom. The van der Waals surface area contributed by atoms with Crippen LogP contribution in [0.3, 0.4) is 0 Å². The molecule has 2 rings (SSSR count). The molecule has 1 aromatic rings. The molecule has 0 amide bonds. The molecule has 0 radical (unpaired) electrons. The second kappa shape index (κ2) is 5.91. The number of ether oxygens (including phenoxy) is 1. The van der Waals surface area contributed by atoms with Crippen molar-refractivity contribution >= 4 is 11.8 Å². The van der Waals surface area contributed by atoms with Gasteiger partial charge in [-0.15, -0.1) is 0 Å². The largest absolute Gasteiger partial charge is 0.494 e. The van der Waals surface area contributed by atoms with Crippen molar-refractivity contribution in [2.24, 2.45) is 0 Å². The minimum Gasteiger partial charge on any atom is -0.494 e. The highest BCUT2D eigenvalue weighted by Gasteiger charge is 2.30. The summed E-state index contributed by atoms with van der Waals surface area (Å²) in [6.07, 6.45) is 0.821. The van der Waals surface area contributed by atoms with Crippen LogP contribution in [0, 0.1) is 5.82 Å². The van der Waals surface area contributed by atoms with E-state index in [2.05, 4.69) is 5.32 Å². The number of hydrogen-bond donors (Lipinski definition) is 2. The lowest BCUT2D eigenvalue weighted by molar-refractivity contribution is 0.0674.